The van der Waals surface area contributed by atoms with Gasteiger partial charge in [-0.2, -0.15) is 0 Å². The molecule has 2 N–H and O–H groups in total. The van der Waals surface area contributed by atoms with Crippen molar-refractivity contribution in [3.05, 3.63) is 0 Å². The molecule has 0 aliphatic carbocycles. The van der Waals surface area contributed by atoms with Crippen LogP contribution in [0.2, 0.25) is 0 Å². The predicted octanol–water partition coefficient (Wildman–Crippen LogP) is 1.33. The maximum absolute atomic E-state index is 12.0. The maximum atomic E-state index is 12.0. The SMILES string of the molecule is CC(C)CNC(=O)C(C)N1CCC(CC(=O)O)CC1. The van der Waals surface area contributed by atoms with Crippen molar-refractivity contribution in [3.8, 4) is 0 Å². The van der Waals surface area contributed by atoms with Crippen molar-refractivity contribution in [1.82, 2.24) is 10.2 Å². The number of carbonyl (C=O) groups excluding carboxylic acids is 1. The van der Waals surface area contributed by atoms with Gasteiger partial charge >= 0.3 is 5.97 Å². The third-order valence-corrected chi connectivity index (χ3v) is 3.72. The fourth-order valence-electron chi connectivity index (χ4n) is 2.41. The van der Waals surface area contributed by atoms with E-state index in [0.29, 0.717) is 12.5 Å². The highest BCUT2D eigenvalue weighted by Gasteiger charge is 2.27. The van der Waals surface area contributed by atoms with Gasteiger partial charge in [0.25, 0.3) is 0 Å². The van der Waals surface area contributed by atoms with Gasteiger partial charge < -0.3 is 10.4 Å². The van der Waals surface area contributed by atoms with E-state index in [1.807, 2.05) is 6.92 Å². The topological polar surface area (TPSA) is 69.6 Å². The monoisotopic (exact) mass is 270 g/mol. The number of piperidine rings is 1. The summed E-state index contributed by atoms with van der Waals surface area (Å²) in [4.78, 5) is 24.8. The minimum absolute atomic E-state index is 0.0744. The zero-order chi connectivity index (χ0) is 14.4. The van der Waals surface area contributed by atoms with Gasteiger partial charge in [-0.15, -0.1) is 0 Å². The number of nitrogens with one attached hydrogen (secondary N) is 1. The molecule has 1 unspecified atom stereocenters. The van der Waals surface area contributed by atoms with Gasteiger partial charge in [-0.1, -0.05) is 13.8 Å². The standard InChI is InChI=1S/C14H26N2O3/c1-10(2)9-15-14(19)11(3)16-6-4-12(5-7-16)8-13(17)18/h10-12H,4-9H2,1-3H3,(H,15,19)(H,17,18). The van der Waals surface area contributed by atoms with Gasteiger partial charge in [-0.25, -0.2) is 0 Å². The quantitative estimate of drug-likeness (QED) is 0.764. The first-order valence-corrected chi connectivity index (χ1v) is 7.13. The summed E-state index contributed by atoms with van der Waals surface area (Å²) in [7, 11) is 0. The zero-order valence-electron chi connectivity index (χ0n) is 12.2. The molecule has 1 aliphatic rings. The Kier molecular flexibility index (Phi) is 6.28. The predicted molar refractivity (Wildman–Crippen MR) is 73.9 cm³/mol. The number of carboxylic acid groups (broad SMARTS) is 1. The molecule has 0 aromatic rings. The first-order valence-electron chi connectivity index (χ1n) is 7.13. The lowest BCUT2D eigenvalue weighted by Gasteiger charge is -2.35. The highest BCUT2D eigenvalue weighted by atomic mass is 16.4. The van der Waals surface area contributed by atoms with Gasteiger partial charge in [0.15, 0.2) is 0 Å². The van der Waals surface area contributed by atoms with Crippen molar-refractivity contribution in [3.63, 3.8) is 0 Å². The number of hydrogen-bond donors (Lipinski definition) is 2. The van der Waals surface area contributed by atoms with Crippen LogP contribution >= 0.6 is 0 Å². The summed E-state index contributed by atoms with van der Waals surface area (Å²) >= 11 is 0. The number of aliphatic carboxylic acids is 1. The Labute approximate surface area is 115 Å². The minimum Gasteiger partial charge on any atom is -0.481 e. The second-order valence-electron chi connectivity index (χ2n) is 5.89. The van der Waals surface area contributed by atoms with Gasteiger partial charge in [-0.05, 0) is 44.7 Å². The molecular weight excluding hydrogens is 244 g/mol. The van der Waals surface area contributed by atoms with Crippen LogP contribution in [-0.4, -0.2) is 47.6 Å². The lowest BCUT2D eigenvalue weighted by Crippen LogP contribution is -2.49. The van der Waals surface area contributed by atoms with Crippen LogP contribution < -0.4 is 5.32 Å². The van der Waals surface area contributed by atoms with E-state index in [0.717, 1.165) is 25.9 Å². The van der Waals surface area contributed by atoms with Crippen LogP contribution in [0.4, 0.5) is 0 Å². The summed E-state index contributed by atoms with van der Waals surface area (Å²) < 4.78 is 0. The highest BCUT2D eigenvalue weighted by Crippen LogP contribution is 2.21. The van der Waals surface area contributed by atoms with Gasteiger partial charge in [0.1, 0.15) is 0 Å². The van der Waals surface area contributed by atoms with E-state index in [1.165, 1.54) is 0 Å². The fourth-order valence-corrected chi connectivity index (χ4v) is 2.41. The Morgan fingerprint density at radius 3 is 2.32 bits per heavy atom. The lowest BCUT2D eigenvalue weighted by molar-refractivity contribution is -0.138. The molecule has 1 amide bonds. The Hall–Kier alpha value is -1.10. The largest absolute Gasteiger partial charge is 0.481 e. The van der Waals surface area contributed by atoms with Gasteiger partial charge in [0.2, 0.25) is 5.91 Å². The zero-order valence-corrected chi connectivity index (χ0v) is 12.2. The van der Waals surface area contributed by atoms with Gasteiger partial charge in [0.05, 0.1) is 6.04 Å². The Bertz CT molecular complexity index is 310. The smallest absolute Gasteiger partial charge is 0.303 e. The van der Waals surface area contributed by atoms with Crippen molar-refractivity contribution in [2.24, 2.45) is 11.8 Å². The van der Waals surface area contributed by atoms with Gasteiger partial charge in [-0.3, -0.25) is 14.5 Å². The van der Waals surface area contributed by atoms with Crippen LogP contribution in [0, 0.1) is 11.8 Å². The molecule has 0 radical (unpaired) electrons. The second kappa shape index (κ2) is 7.48. The second-order valence-corrected chi connectivity index (χ2v) is 5.89. The van der Waals surface area contributed by atoms with Crippen LogP contribution in [0.5, 0.6) is 0 Å². The fraction of sp³-hybridized carbons (Fsp3) is 0.857. The van der Waals surface area contributed by atoms with E-state index in [4.69, 9.17) is 5.11 Å². The molecule has 19 heavy (non-hydrogen) atoms. The summed E-state index contributed by atoms with van der Waals surface area (Å²) in [6.45, 7) is 8.40. The molecule has 1 rings (SSSR count). The van der Waals surface area contributed by atoms with Crippen LogP contribution in [-0.2, 0) is 9.59 Å². The number of nitrogens with zero attached hydrogens (tertiary/aromatic N) is 1. The Balaban J connectivity index is 2.33. The molecule has 5 heteroatoms. The highest BCUT2D eigenvalue weighted by molar-refractivity contribution is 5.81. The Morgan fingerprint density at radius 1 is 1.26 bits per heavy atom. The summed E-state index contributed by atoms with van der Waals surface area (Å²) in [6, 6.07) is -0.121. The summed E-state index contributed by atoms with van der Waals surface area (Å²) in [5, 5.41) is 11.7. The van der Waals surface area contributed by atoms with Crippen LogP contribution in [0.25, 0.3) is 0 Å². The molecule has 0 saturated carbocycles. The van der Waals surface area contributed by atoms with Crippen LogP contribution in [0.3, 0.4) is 0 Å². The van der Waals surface area contributed by atoms with Crippen LogP contribution in [0.15, 0.2) is 0 Å². The molecular formula is C14H26N2O3. The molecule has 0 bridgehead atoms. The van der Waals surface area contributed by atoms with E-state index >= 15 is 0 Å². The van der Waals surface area contributed by atoms with E-state index in [9.17, 15) is 9.59 Å². The lowest BCUT2D eigenvalue weighted by atomic mass is 9.93. The number of amides is 1. The number of carbonyl (C=O) groups is 2. The molecule has 110 valence electrons. The normalized spacial score (nSPS) is 19.4. The molecule has 0 aromatic carbocycles. The average molecular weight is 270 g/mol. The van der Waals surface area contributed by atoms with Crippen molar-refractivity contribution >= 4 is 11.9 Å². The molecule has 5 nitrogen and oxygen atoms in total. The molecule has 1 saturated heterocycles. The maximum Gasteiger partial charge on any atom is 0.303 e. The molecule has 1 aliphatic heterocycles. The number of carboxylic acids is 1. The summed E-state index contributed by atoms with van der Waals surface area (Å²) in [5.74, 6) is 0.0729. The van der Waals surface area contributed by atoms with Crippen molar-refractivity contribution in [2.75, 3.05) is 19.6 Å². The van der Waals surface area contributed by atoms with E-state index in [2.05, 4.69) is 24.1 Å². The Morgan fingerprint density at radius 2 is 1.84 bits per heavy atom. The first-order chi connectivity index (χ1) is 8.90. The van der Waals surface area contributed by atoms with Crippen molar-refractivity contribution < 1.29 is 14.7 Å². The third kappa shape index (κ3) is 5.59. The molecule has 1 heterocycles. The third-order valence-electron chi connectivity index (χ3n) is 3.72. The van der Waals surface area contributed by atoms with E-state index < -0.39 is 5.97 Å². The average Bonchev–Trinajstić information content (AvgIpc) is 2.35. The number of likely N-dealkylation sites (tertiary alicyclic amines) is 1. The van der Waals surface area contributed by atoms with Crippen molar-refractivity contribution in [1.29, 1.82) is 0 Å². The van der Waals surface area contributed by atoms with E-state index in [1.54, 1.807) is 0 Å². The summed E-state index contributed by atoms with van der Waals surface area (Å²) in [5.41, 5.74) is 0. The van der Waals surface area contributed by atoms with Crippen LogP contribution in [0.1, 0.15) is 40.0 Å². The molecule has 1 atom stereocenters. The van der Waals surface area contributed by atoms with E-state index in [-0.39, 0.29) is 24.3 Å². The molecule has 0 spiro atoms. The minimum atomic E-state index is -0.721. The van der Waals surface area contributed by atoms with Gasteiger partial charge in [0, 0.05) is 13.0 Å². The number of rotatable bonds is 6. The first kappa shape index (κ1) is 16.0. The number of hydrogen-bond acceptors (Lipinski definition) is 3. The summed E-state index contributed by atoms with van der Waals surface area (Å²) in [6.07, 6.45) is 1.99. The molecule has 0 aromatic heterocycles. The molecule has 1 fully saturated rings. The van der Waals surface area contributed by atoms with Crippen molar-refractivity contribution in [2.45, 2.75) is 46.1 Å².